The summed E-state index contributed by atoms with van der Waals surface area (Å²) in [5.41, 5.74) is 1.08. The molecule has 1 N–H and O–H groups in total. The highest BCUT2D eigenvalue weighted by atomic mass is 35.5. The molecule has 1 unspecified atom stereocenters. The molecule has 1 aromatic carbocycles. The molecule has 1 atom stereocenters. The monoisotopic (exact) mass is 269 g/mol. The van der Waals surface area contributed by atoms with Gasteiger partial charge in [-0.1, -0.05) is 50.1 Å². The Hall–Kier alpha value is -0.570. The quantitative estimate of drug-likeness (QED) is 0.679. The summed E-state index contributed by atoms with van der Waals surface area (Å²) < 4.78 is 5.95. The number of nitrogens with one attached hydrogen (secondary N) is 1. The summed E-state index contributed by atoms with van der Waals surface area (Å²) in [7, 11) is 0. The van der Waals surface area contributed by atoms with E-state index in [4.69, 9.17) is 16.3 Å². The van der Waals surface area contributed by atoms with E-state index in [0.717, 1.165) is 49.5 Å². The standard InChI is InChI=1S/C15H24ClNO/c1-3-5-11-18-15(12-17-10-4-2)13-8-6-7-9-14(13)16/h6-9,15,17H,3-5,10-12H2,1-2H3. The lowest BCUT2D eigenvalue weighted by Crippen LogP contribution is -2.24. The van der Waals surface area contributed by atoms with Crippen LogP contribution in [0.2, 0.25) is 5.02 Å². The van der Waals surface area contributed by atoms with Gasteiger partial charge in [0.15, 0.2) is 0 Å². The SMILES string of the molecule is CCCCOC(CNCCC)c1ccccc1Cl. The van der Waals surface area contributed by atoms with Gasteiger partial charge in [0.05, 0.1) is 6.10 Å². The van der Waals surface area contributed by atoms with Crippen molar-refractivity contribution in [2.75, 3.05) is 19.7 Å². The van der Waals surface area contributed by atoms with E-state index >= 15 is 0 Å². The van der Waals surface area contributed by atoms with Crippen molar-refractivity contribution in [1.82, 2.24) is 5.32 Å². The topological polar surface area (TPSA) is 21.3 Å². The zero-order valence-electron chi connectivity index (χ0n) is 11.4. The fraction of sp³-hybridized carbons (Fsp3) is 0.600. The van der Waals surface area contributed by atoms with E-state index in [2.05, 4.69) is 19.2 Å². The Kier molecular flexibility index (Phi) is 8.06. The minimum absolute atomic E-state index is 0.0526. The molecule has 0 saturated carbocycles. The predicted molar refractivity (Wildman–Crippen MR) is 78.2 cm³/mol. The third-order valence-electron chi connectivity index (χ3n) is 2.83. The van der Waals surface area contributed by atoms with Gasteiger partial charge < -0.3 is 10.1 Å². The molecule has 0 fully saturated rings. The number of benzene rings is 1. The highest BCUT2D eigenvalue weighted by molar-refractivity contribution is 6.31. The van der Waals surface area contributed by atoms with Gasteiger partial charge >= 0.3 is 0 Å². The Bertz CT molecular complexity index is 320. The number of rotatable bonds is 9. The molecule has 1 rings (SSSR count). The van der Waals surface area contributed by atoms with Crippen LogP contribution in [0, 0.1) is 0 Å². The van der Waals surface area contributed by atoms with E-state index in [1.54, 1.807) is 0 Å². The van der Waals surface area contributed by atoms with Crippen molar-refractivity contribution in [2.45, 2.75) is 39.2 Å². The fourth-order valence-electron chi connectivity index (χ4n) is 1.77. The van der Waals surface area contributed by atoms with Crippen molar-refractivity contribution in [3.63, 3.8) is 0 Å². The molecular weight excluding hydrogens is 246 g/mol. The molecule has 0 saturated heterocycles. The molecule has 0 bridgehead atoms. The molecule has 0 aliphatic heterocycles. The zero-order chi connectivity index (χ0) is 13.2. The Morgan fingerprint density at radius 2 is 2.00 bits per heavy atom. The van der Waals surface area contributed by atoms with E-state index < -0.39 is 0 Å². The van der Waals surface area contributed by atoms with Crippen LogP contribution in [0.3, 0.4) is 0 Å². The summed E-state index contributed by atoms with van der Waals surface area (Å²) >= 11 is 6.24. The van der Waals surface area contributed by atoms with E-state index in [1.807, 2.05) is 24.3 Å². The Labute approximate surface area is 116 Å². The van der Waals surface area contributed by atoms with Gasteiger partial charge in [-0.2, -0.15) is 0 Å². The summed E-state index contributed by atoms with van der Waals surface area (Å²) in [6, 6.07) is 7.94. The molecule has 2 nitrogen and oxygen atoms in total. The van der Waals surface area contributed by atoms with Crippen LogP contribution in [0.5, 0.6) is 0 Å². The summed E-state index contributed by atoms with van der Waals surface area (Å²) in [6.07, 6.45) is 3.42. The van der Waals surface area contributed by atoms with Crippen LogP contribution >= 0.6 is 11.6 Å². The van der Waals surface area contributed by atoms with Crippen LogP contribution in [0.15, 0.2) is 24.3 Å². The van der Waals surface area contributed by atoms with Gasteiger partial charge in [-0.3, -0.25) is 0 Å². The maximum Gasteiger partial charge on any atom is 0.0963 e. The molecule has 0 aliphatic rings. The van der Waals surface area contributed by atoms with Gasteiger partial charge in [0.1, 0.15) is 0 Å². The Morgan fingerprint density at radius 1 is 1.22 bits per heavy atom. The average Bonchev–Trinajstić information content (AvgIpc) is 2.38. The van der Waals surface area contributed by atoms with Gasteiger partial charge in [-0.05, 0) is 25.5 Å². The lowest BCUT2D eigenvalue weighted by Gasteiger charge is -2.20. The zero-order valence-corrected chi connectivity index (χ0v) is 12.2. The molecule has 3 heteroatoms. The Morgan fingerprint density at radius 3 is 2.67 bits per heavy atom. The first-order valence-electron chi connectivity index (χ1n) is 6.86. The van der Waals surface area contributed by atoms with Crippen molar-refractivity contribution in [3.8, 4) is 0 Å². The molecule has 0 radical (unpaired) electrons. The molecule has 18 heavy (non-hydrogen) atoms. The second-order valence-corrected chi connectivity index (χ2v) is 4.85. The first kappa shape index (κ1) is 15.5. The summed E-state index contributed by atoms with van der Waals surface area (Å²) in [6.45, 7) is 6.96. The van der Waals surface area contributed by atoms with Gasteiger partial charge in [0.2, 0.25) is 0 Å². The number of unbranched alkanes of at least 4 members (excludes halogenated alkanes) is 1. The van der Waals surface area contributed by atoms with E-state index in [0.29, 0.717) is 0 Å². The van der Waals surface area contributed by atoms with Crippen LogP contribution in [-0.2, 0) is 4.74 Å². The molecule has 0 heterocycles. The van der Waals surface area contributed by atoms with Crippen LogP contribution in [-0.4, -0.2) is 19.7 Å². The van der Waals surface area contributed by atoms with Crippen molar-refractivity contribution in [3.05, 3.63) is 34.9 Å². The first-order chi connectivity index (χ1) is 8.79. The van der Waals surface area contributed by atoms with Crippen molar-refractivity contribution >= 4 is 11.6 Å². The predicted octanol–water partition coefficient (Wildman–Crippen LogP) is 4.20. The minimum Gasteiger partial charge on any atom is -0.372 e. The molecule has 0 spiro atoms. The number of ether oxygens (including phenoxy) is 1. The highest BCUT2D eigenvalue weighted by Gasteiger charge is 2.14. The summed E-state index contributed by atoms with van der Waals surface area (Å²) in [5, 5.41) is 4.19. The van der Waals surface area contributed by atoms with Crippen molar-refractivity contribution < 1.29 is 4.74 Å². The second kappa shape index (κ2) is 9.37. The van der Waals surface area contributed by atoms with Crippen LogP contribution in [0.4, 0.5) is 0 Å². The number of halogens is 1. The summed E-state index contributed by atoms with van der Waals surface area (Å²) in [4.78, 5) is 0. The smallest absolute Gasteiger partial charge is 0.0963 e. The van der Waals surface area contributed by atoms with Gasteiger partial charge in [0.25, 0.3) is 0 Å². The highest BCUT2D eigenvalue weighted by Crippen LogP contribution is 2.25. The van der Waals surface area contributed by atoms with Gasteiger partial charge in [-0.15, -0.1) is 0 Å². The van der Waals surface area contributed by atoms with Crippen molar-refractivity contribution in [1.29, 1.82) is 0 Å². The largest absolute Gasteiger partial charge is 0.372 e. The summed E-state index contributed by atoms with van der Waals surface area (Å²) in [5.74, 6) is 0. The average molecular weight is 270 g/mol. The molecule has 0 aliphatic carbocycles. The lowest BCUT2D eigenvalue weighted by atomic mass is 10.1. The third kappa shape index (κ3) is 5.38. The lowest BCUT2D eigenvalue weighted by molar-refractivity contribution is 0.0508. The van der Waals surface area contributed by atoms with Crippen LogP contribution in [0.1, 0.15) is 44.8 Å². The minimum atomic E-state index is 0.0526. The molecule has 0 aromatic heterocycles. The van der Waals surface area contributed by atoms with Gasteiger partial charge in [-0.25, -0.2) is 0 Å². The van der Waals surface area contributed by atoms with E-state index in [9.17, 15) is 0 Å². The molecule has 0 amide bonds. The maximum absolute atomic E-state index is 6.24. The molecule has 1 aromatic rings. The maximum atomic E-state index is 6.24. The van der Waals surface area contributed by atoms with Crippen LogP contribution in [0.25, 0.3) is 0 Å². The van der Waals surface area contributed by atoms with Crippen LogP contribution < -0.4 is 5.32 Å². The van der Waals surface area contributed by atoms with Crippen molar-refractivity contribution in [2.24, 2.45) is 0 Å². The first-order valence-corrected chi connectivity index (χ1v) is 7.24. The Balaban J connectivity index is 2.60. The normalized spacial score (nSPS) is 12.6. The number of hydrogen-bond acceptors (Lipinski definition) is 2. The van der Waals surface area contributed by atoms with E-state index in [-0.39, 0.29) is 6.10 Å². The fourth-order valence-corrected chi connectivity index (χ4v) is 2.03. The van der Waals surface area contributed by atoms with Gasteiger partial charge in [0, 0.05) is 23.7 Å². The number of hydrogen-bond donors (Lipinski definition) is 1. The third-order valence-corrected chi connectivity index (χ3v) is 3.17. The molecular formula is C15H24ClNO. The molecule has 102 valence electrons. The van der Waals surface area contributed by atoms with E-state index in [1.165, 1.54) is 0 Å². The second-order valence-electron chi connectivity index (χ2n) is 4.44.